The fraction of sp³-hybridized carbons (Fsp3) is 0.0556. The average molecular weight is 476 g/mol. The largest absolute Gasteiger partial charge is 0.310 e. The number of nitrogens with zero attached hydrogens (tertiary/aromatic N) is 1. The van der Waals surface area contributed by atoms with Crippen LogP contribution in [0.2, 0.25) is 0 Å². The molecule has 1 nitrogen and oxygen atoms in total. The summed E-state index contributed by atoms with van der Waals surface area (Å²) in [6.07, 6.45) is 8.86. The summed E-state index contributed by atoms with van der Waals surface area (Å²) in [5.74, 6) is 0. The molecule has 1 aliphatic rings. The Labute approximate surface area is 219 Å². The number of rotatable bonds is 4. The first-order valence-electron chi connectivity index (χ1n) is 12.8. The Morgan fingerprint density at radius 2 is 1.30 bits per heavy atom. The van der Waals surface area contributed by atoms with Crippen LogP contribution >= 0.6 is 0 Å². The Balaban J connectivity index is 1.60. The highest BCUT2D eigenvalue weighted by Gasteiger charge is 2.27. The maximum Gasteiger partial charge on any atom is 0.0537 e. The van der Waals surface area contributed by atoms with Gasteiger partial charge in [0, 0.05) is 22.5 Å². The lowest BCUT2D eigenvalue weighted by molar-refractivity contribution is 1.18. The SMILES string of the molecule is C=C1c2ccccc2C(/C=C/c2cc3ccccc3c3ccccc23)=C(/C=C\C)N1c1ccccc1C. The third kappa shape index (κ3) is 3.90. The van der Waals surface area contributed by atoms with Crippen molar-refractivity contribution in [3.8, 4) is 0 Å². The van der Waals surface area contributed by atoms with Crippen LogP contribution in [0, 0.1) is 6.92 Å². The highest BCUT2D eigenvalue weighted by molar-refractivity contribution is 6.11. The molecule has 0 unspecified atom stereocenters. The van der Waals surface area contributed by atoms with Gasteiger partial charge in [-0.05, 0) is 70.3 Å². The van der Waals surface area contributed by atoms with Crippen molar-refractivity contribution in [3.63, 3.8) is 0 Å². The van der Waals surface area contributed by atoms with Crippen LogP contribution in [-0.4, -0.2) is 0 Å². The van der Waals surface area contributed by atoms with Gasteiger partial charge in [-0.15, -0.1) is 0 Å². The van der Waals surface area contributed by atoms with Crippen molar-refractivity contribution in [2.45, 2.75) is 13.8 Å². The maximum atomic E-state index is 4.55. The van der Waals surface area contributed by atoms with Gasteiger partial charge in [0.05, 0.1) is 5.70 Å². The summed E-state index contributed by atoms with van der Waals surface area (Å²) in [6, 6.07) is 36.7. The molecule has 0 saturated heterocycles. The lowest BCUT2D eigenvalue weighted by Crippen LogP contribution is -2.25. The van der Waals surface area contributed by atoms with Crippen molar-refractivity contribution in [2.24, 2.45) is 0 Å². The summed E-state index contributed by atoms with van der Waals surface area (Å²) >= 11 is 0. The Hall–Kier alpha value is -4.62. The molecular weight excluding hydrogens is 446 g/mol. The van der Waals surface area contributed by atoms with Gasteiger partial charge in [0.1, 0.15) is 0 Å². The number of aryl methyl sites for hydroxylation is 1. The van der Waals surface area contributed by atoms with Crippen LogP contribution in [0.3, 0.4) is 0 Å². The van der Waals surface area contributed by atoms with E-state index in [0.29, 0.717) is 0 Å². The second kappa shape index (κ2) is 9.44. The number of anilines is 1. The van der Waals surface area contributed by atoms with Crippen LogP contribution in [0.1, 0.15) is 29.2 Å². The number of allylic oxidation sites excluding steroid dienone is 4. The number of hydrogen-bond acceptors (Lipinski definition) is 1. The fourth-order valence-corrected chi connectivity index (χ4v) is 5.47. The van der Waals surface area contributed by atoms with Crippen molar-refractivity contribution < 1.29 is 0 Å². The third-order valence-corrected chi connectivity index (χ3v) is 7.23. The second-order valence-corrected chi connectivity index (χ2v) is 9.48. The molecule has 0 aromatic heterocycles. The predicted octanol–water partition coefficient (Wildman–Crippen LogP) is 9.79. The molecule has 1 heteroatoms. The quantitative estimate of drug-likeness (QED) is 0.234. The standard InChI is InChI=1S/C36H29N/c1-4-13-36-34(23-22-28-24-27-15-6-7-17-30(27)33-20-11-9-18-31(28)33)32-19-10-8-16-29(32)26(3)37(36)35-21-12-5-14-25(35)2/h4-24H,3H2,1-2H3/b13-4-,23-22+. The highest BCUT2D eigenvalue weighted by atomic mass is 15.2. The molecule has 0 aliphatic carbocycles. The molecule has 6 rings (SSSR count). The van der Waals surface area contributed by atoms with Crippen molar-refractivity contribution in [1.29, 1.82) is 0 Å². The molecule has 1 aliphatic heterocycles. The first-order chi connectivity index (χ1) is 18.2. The summed E-state index contributed by atoms with van der Waals surface area (Å²) in [7, 11) is 0. The zero-order valence-electron chi connectivity index (χ0n) is 21.3. The Morgan fingerprint density at radius 3 is 2.08 bits per heavy atom. The molecule has 0 amide bonds. The topological polar surface area (TPSA) is 3.24 Å². The van der Waals surface area contributed by atoms with Gasteiger partial charge in [0.25, 0.3) is 0 Å². The van der Waals surface area contributed by atoms with Gasteiger partial charge >= 0.3 is 0 Å². The number of para-hydroxylation sites is 1. The maximum absolute atomic E-state index is 4.55. The van der Waals surface area contributed by atoms with Crippen molar-refractivity contribution in [3.05, 3.63) is 156 Å². The summed E-state index contributed by atoms with van der Waals surface area (Å²) < 4.78 is 0. The van der Waals surface area contributed by atoms with Crippen LogP contribution in [0.15, 0.2) is 134 Å². The van der Waals surface area contributed by atoms with Gasteiger partial charge in [0.15, 0.2) is 0 Å². The molecule has 0 radical (unpaired) electrons. The van der Waals surface area contributed by atoms with Crippen LogP contribution in [0.5, 0.6) is 0 Å². The molecule has 0 N–H and O–H groups in total. The summed E-state index contributed by atoms with van der Waals surface area (Å²) in [4.78, 5) is 2.30. The molecule has 1 heterocycles. The molecule has 0 bridgehead atoms. The van der Waals surface area contributed by atoms with E-state index >= 15 is 0 Å². The minimum atomic E-state index is 0.992. The Kier molecular flexibility index (Phi) is 5.82. The van der Waals surface area contributed by atoms with E-state index in [2.05, 4.69) is 153 Å². The molecule has 37 heavy (non-hydrogen) atoms. The molecule has 178 valence electrons. The molecule has 0 atom stereocenters. The zero-order chi connectivity index (χ0) is 25.4. The average Bonchev–Trinajstić information content (AvgIpc) is 2.94. The number of benzene rings is 5. The second-order valence-electron chi connectivity index (χ2n) is 9.48. The highest BCUT2D eigenvalue weighted by Crippen LogP contribution is 2.43. The molecule has 5 aromatic rings. The van der Waals surface area contributed by atoms with Crippen molar-refractivity contribution in [2.75, 3.05) is 4.90 Å². The summed E-state index contributed by atoms with van der Waals surface area (Å²) in [5.41, 5.74) is 9.24. The van der Waals surface area contributed by atoms with Gasteiger partial charge in [0.2, 0.25) is 0 Å². The molecule has 0 spiro atoms. The molecular formula is C36H29N. The minimum absolute atomic E-state index is 0.992. The van der Waals surface area contributed by atoms with E-state index in [4.69, 9.17) is 0 Å². The van der Waals surface area contributed by atoms with E-state index in [1.807, 2.05) is 0 Å². The summed E-state index contributed by atoms with van der Waals surface area (Å²) in [6.45, 7) is 8.78. The van der Waals surface area contributed by atoms with Crippen molar-refractivity contribution >= 4 is 44.6 Å². The van der Waals surface area contributed by atoms with Crippen LogP contribution in [0.25, 0.3) is 38.9 Å². The van der Waals surface area contributed by atoms with Crippen LogP contribution in [-0.2, 0) is 0 Å². The lowest BCUT2D eigenvalue weighted by atomic mass is 9.89. The lowest BCUT2D eigenvalue weighted by Gasteiger charge is -2.36. The van der Waals surface area contributed by atoms with Gasteiger partial charge < -0.3 is 4.90 Å². The smallest absolute Gasteiger partial charge is 0.0537 e. The third-order valence-electron chi connectivity index (χ3n) is 7.23. The number of fused-ring (bicyclic) bond motifs is 4. The Bertz CT molecular complexity index is 1760. The minimum Gasteiger partial charge on any atom is -0.310 e. The molecule has 5 aromatic carbocycles. The number of hydrogen-bond donors (Lipinski definition) is 0. The molecule has 0 saturated carbocycles. The van der Waals surface area contributed by atoms with Gasteiger partial charge in [-0.2, -0.15) is 0 Å². The fourth-order valence-electron chi connectivity index (χ4n) is 5.47. The van der Waals surface area contributed by atoms with Gasteiger partial charge in [-0.1, -0.05) is 116 Å². The van der Waals surface area contributed by atoms with Gasteiger partial charge in [-0.25, -0.2) is 0 Å². The van der Waals surface area contributed by atoms with Crippen LogP contribution < -0.4 is 4.90 Å². The first-order valence-corrected chi connectivity index (χ1v) is 12.8. The Morgan fingerprint density at radius 1 is 0.649 bits per heavy atom. The van der Waals surface area contributed by atoms with Gasteiger partial charge in [-0.3, -0.25) is 0 Å². The van der Waals surface area contributed by atoms with E-state index < -0.39 is 0 Å². The first kappa shape index (κ1) is 22.8. The van der Waals surface area contributed by atoms with E-state index in [0.717, 1.165) is 22.6 Å². The predicted molar refractivity (Wildman–Crippen MR) is 161 cm³/mol. The monoisotopic (exact) mass is 475 g/mol. The van der Waals surface area contributed by atoms with E-state index in [-0.39, 0.29) is 0 Å². The normalized spacial score (nSPS) is 13.9. The van der Waals surface area contributed by atoms with E-state index in [1.54, 1.807) is 0 Å². The zero-order valence-corrected chi connectivity index (χ0v) is 21.3. The molecule has 0 fully saturated rings. The van der Waals surface area contributed by atoms with E-state index in [1.165, 1.54) is 43.8 Å². The van der Waals surface area contributed by atoms with Crippen LogP contribution in [0.4, 0.5) is 5.69 Å². The van der Waals surface area contributed by atoms with Crippen molar-refractivity contribution in [1.82, 2.24) is 0 Å². The van der Waals surface area contributed by atoms with E-state index in [9.17, 15) is 0 Å². The summed E-state index contributed by atoms with van der Waals surface area (Å²) in [5, 5.41) is 5.08.